The first-order valence-electron chi connectivity index (χ1n) is 14.7. The number of phenols is 2. The molecule has 2 heterocycles. The molecule has 10 nitrogen and oxygen atoms in total. The van der Waals surface area contributed by atoms with E-state index in [9.17, 15) is 48.1 Å². The fraction of sp³-hybridized carbons (Fsp3) is 0.265. The number of halogens is 3. The molecule has 0 aromatic heterocycles. The number of nitrogens with zero attached hydrogens (tertiary/aromatic N) is 2. The number of aromatic hydroxyl groups is 2. The van der Waals surface area contributed by atoms with Crippen LogP contribution in [0.4, 0.5) is 20.2 Å². The van der Waals surface area contributed by atoms with E-state index < -0.39 is 93.3 Å². The van der Waals surface area contributed by atoms with Crippen molar-refractivity contribution in [2.75, 3.05) is 9.80 Å². The van der Waals surface area contributed by atoms with Gasteiger partial charge in [0.2, 0.25) is 23.6 Å². The molecule has 240 valence electrons. The number of anilines is 2. The van der Waals surface area contributed by atoms with Gasteiger partial charge in [-0.25, -0.2) is 23.4 Å². The van der Waals surface area contributed by atoms with E-state index in [0.717, 1.165) is 46.2 Å². The highest BCUT2D eigenvalue weighted by atomic mass is 35.5. The zero-order chi connectivity index (χ0) is 33.7. The maximum absolute atomic E-state index is 14.9. The summed E-state index contributed by atoms with van der Waals surface area (Å²) in [6.07, 6.45) is 1.80. The van der Waals surface area contributed by atoms with Crippen molar-refractivity contribution >= 4 is 52.6 Å². The number of hydrogen-bond acceptors (Lipinski definition) is 7. The molecule has 4 amide bonds. The summed E-state index contributed by atoms with van der Waals surface area (Å²) in [4.78, 5) is 69.6. The predicted molar refractivity (Wildman–Crippen MR) is 162 cm³/mol. The summed E-state index contributed by atoms with van der Waals surface area (Å²) in [6.45, 7) is 1.59. The minimum atomic E-state index is -1.51. The third kappa shape index (κ3) is 4.23. The number of amides is 4. The number of allylic oxidation sites excluding steroid dienone is 2. The highest BCUT2D eigenvalue weighted by Crippen LogP contribution is 2.64. The van der Waals surface area contributed by atoms with Crippen molar-refractivity contribution in [3.8, 4) is 11.5 Å². The molecule has 3 aromatic rings. The number of phenolic OH excluding ortho intramolecular Hbond substituents is 1. The number of aromatic carboxylic acids is 1. The van der Waals surface area contributed by atoms with Crippen molar-refractivity contribution in [2.24, 2.45) is 29.1 Å². The van der Waals surface area contributed by atoms with E-state index in [1.54, 1.807) is 13.0 Å². The van der Waals surface area contributed by atoms with Crippen LogP contribution in [-0.4, -0.2) is 44.9 Å². The lowest BCUT2D eigenvalue weighted by atomic mass is 9.51. The molecule has 47 heavy (non-hydrogen) atoms. The summed E-state index contributed by atoms with van der Waals surface area (Å²) in [5, 5.41) is 29.2. The van der Waals surface area contributed by atoms with Crippen LogP contribution in [0.15, 0.2) is 66.2 Å². The van der Waals surface area contributed by atoms with Gasteiger partial charge in [-0.2, -0.15) is 0 Å². The van der Waals surface area contributed by atoms with Gasteiger partial charge >= 0.3 is 5.97 Å². The maximum atomic E-state index is 14.9. The monoisotopic (exact) mass is 662 g/mol. The van der Waals surface area contributed by atoms with Crippen LogP contribution in [0, 0.1) is 40.7 Å². The van der Waals surface area contributed by atoms with Crippen LogP contribution in [0.1, 0.15) is 41.6 Å². The Morgan fingerprint density at radius 3 is 2.21 bits per heavy atom. The largest absolute Gasteiger partial charge is 0.507 e. The number of hydrogen-bond donors (Lipinski definition) is 3. The first-order valence-corrected chi connectivity index (χ1v) is 15.1. The topological polar surface area (TPSA) is 153 Å². The molecule has 6 unspecified atom stereocenters. The molecule has 2 aliphatic heterocycles. The first kappa shape index (κ1) is 30.5. The molecule has 0 radical (unpaired) electrons. The van der Waals surface area contributed by atoms with Gasteiger partial charge in [0.15, 0.2) is 11.6 Å². The van der Waals surface area contributed by atoms with Gasteiger partial charge in [0.05, 0.1) is 39.6 Å². The number of benzene rings is 3. The van der Waals surface area contributed by atoms with Gasteiger partial charge in [0.25, 0.3) is 0 Å². The molecule has 3 aromatic carbocycles. The normalized spacial score (nSPS) is 28.3. The third-order valence-electron chi connectivity index (χ3n) is 10.2. The van der Waals surface area contributed by atoms with Crippen LogP contribution in [0.2, 0.25) is 5.02 Å². The van der Waals surface area contributed by atoms with Crippen LogP contribution < -0.4 is 9.80 Å². The van der Waals surface area contributed by atoms with Crippen molar-refractivity contribution in [3.63, 3.8) is 0 Å². The molecule has 7 rings (SSSR count). The van der Waals surface area contributed by atoms with Crippen LogP contribution in [0.5, 0.6) is 11.5 Å². The van der Waals surface area contributed by atoms with E-state index >= 15 is 0 Å². The molecular formula is C34H25ClF2N2O8. The van der Waals surface area contributed by atoms with E-state index in [4.69, 9.17) is 11.6 Å². The van der Waals surface area contributed by atoms with Crippen LogP contribution >= 0.6 is 11.6 Å². The molecule has 2 aliphatic carbocycles. The van der Waals surface area contributed by atoms with Gasteiger partial charge in [-0.15, -0.1) is 0 Å². The number of carbonyl (C=O) groups is 5. The molecule has 0 spiro atoms. The lowest BCUT2D eigenvalue weighted by molar-refractivity contribution is -0.131. The zero-order valence-electron chi connectivity index (χ0n) is 24.5. The summed E-state index contributed by atoms with van der Waals surface area (Å²) < 4.78 is 28.9. The SMILES string of the molecule is CC12C(=O)N(c3ccc(F)c(Cl)c3)C(=O)C1CC1C(=CCC3C(=O)N(c4ccc(C(=O)O)c(O)c4)C(=O)C31)C2c1ccc(O)c(F)c1. The molecule has 0 bridgehead atoms. The Hall–Kier alpha value is -5.10. The molecule has 2 saturated heterocycles. The quantitative estimate of drug-likeness (QED) is 0.256. The van der Waals surface area contributed by atoms with E-state index in [1.165, 1.54) is 18.2 Å². The highest BCUT2D eigenvalue weighted by Gasteiger charge is 2.67. The first-order chi connectivity index (χ1) is 22.2. The number of carboxylic acids is 1. The Bertz CT molecular complexity index is 2000. The summed E-state index contributed by atoms with van der Waals surface area (Å²) >= 11 is 6.00. The fourth-order valence-corrected chi connectivity index (χ4v) is 8.24. The number of carbonyl (C=O) groups excluding carboxylic acids is 4. The maximum Gasteiger partial charge on any atom is 0.339 e. The van der Waals surface area contributed by atoms with E-state index in [0.29, 0.717) is 5.57 Å². The molecule has 4 aliphatic rings. The second kappa shape index (κ2) is 10.5. The van der Waals surface area contributed by atoms with Crippen molar-refractivity contribution in [3.05, 3.63) is 94.0 Å². The van der Waals surface area contributed by atoms with Gasteiger partial charge in [-0.3, -0.25) is 19.2 Å². The number of carboxylic acid groups (broad SMARTS) is 1. The second-order valence-corrected chi connectivity index (χ2v) is 12.9. The number of rotatable bonds is 4. The number of fused-ring (bicyclic) bond motifs is 4. The lowest BCUT2D eigenvalue weighted by Crippen LogP contribution is -2.48. The summed E-state index contributed by atoms with van der Waals surface area (Å²) in [5.74, 6) is -11.5. The Kier molecular flexibility index (Phi) is 6.80. The lowest BCUT2D eigenvalue weighted by Gasteiger charge is -2.49. The molecule has 6 atom stereocenters. The van der Waals surface area contributed by atoms with Crippen molar-refractivity contribution in [2.45, 2.75) is 25.7 Å². The van der Waals surface area contributed by atoms with E-state index in [1.807, 2.05) is 0 Å². The third-order valence-corrected chi connectivity index (χ3v) is 10.5. The van der Waals surface area contributed by atoms with Gasteiger partial charge < -0.3 is 15.3 Å². The molecule has 1 saturated carbocycles. The van der Waals surface area contributed by atoms with Crippen molar-refractivity contribution in [1.29, 1.82) is 0 Å². The number of imide groups is 2. The Labute approximate surface area is 270 Å². The predicted octanol–water partition coefficient (Wildman–Crippen LogP) is 5.16. The average Bonchev–Trinajstić information content (AvgIpc) is 3.39. The van der Waals surface area contributed by atoms with Crippen LogP contribution in [-0.2, 0) is 19.2 Å². The van der Waals surface area contributed by atoms with Crippen molar-refractivity contribution < 1.29 is 48.1 Å². The van der Waals surface area contributed by atoms with Crippen molar-refractivity contribution in [1.82, 2.24) is 0 Å². The highest BCUT2D eigenvalue weighted by molar-refractivity contribution is 6.32. The Morgan fingerprint density at radius 2 is 1.55 bits per heavy atom. The van der Waals surface area contributed by atoms with E-state index in [2.05, 4.69) is 0 Å². The fourth-order valence-electron chi connectivity index (χ4n) is 8.06. The molecular weight excluding hydrogens is 638 g/mol. The zero-order valence-corrected chi connectivity index (χ0v) is 25.2. The average molecular weight is 663 g/mol. The molecule has 3 N–H and O–H groups in total. The second-order valence-electron chi connectivity index (χ2n) is 12.5. The van der Waals surface area contributed by atoms with Gasteiger partial charge in [-0.1, -0.05) is 29.3 Å². The van der Waals surface area contributed by atoms with Gasteiger partial charge in [-0.05, 0) is 73.7 Å². The van der Waals surface area contributed by atoms with Crippen LogP contribution in [0.3, 0.4) is 0 Å². The molecule has 3 fully saturated rings. The van der Waals surface area contributed by atoms with Gasteiger partial charge in [0.1, 0.15) is 17.1 Å². The Balaban J connectivity index is 1.35. The minimum absolute atomic E-state index is 0.0212. The summed E-state index contributed by atoms with van der Waals surface area (Å²) in [5.41, 5.74) is -1.09. The Morgan fingerprint density at radius 1 is 0.851 bits per heavy atom. The standard InChI is InChI=1S/C34H25ClF2N2O8/c1-34-21(30(43)39(33(34)47)15-4-8-23(36)22(35)11-15)13-20-17(28(34)14-2-9-25(40)24(37)10-14)6-7-19-27(20)31(44)38(29(19)42)16-3-5-18(32(45)46)26(41)12-16/h2-6,8-12,19-21,27-28,40-41H,7,13H2,1H3,(H,45,46). The summed E-state index contributed by atoms with van der Waals surface area (Å²) in [7, 11) is 0. The van der Waals surface area contributed by atoms with Gasteiger partial charge in [0, 0.05) is 12.0 Å². The van der Waals surface area contributed by atoms with Crippen LogP contribution in [0.25, 0.3) is 0 Å². The summed E-state index contributed by atoms with van der Waals surface area (Å²) in [6, 6.07) is 10.4. The van der Waals surface area contributed by atoms with E-state index in [-0.39, 0.29) is 34.8 Å². The molecule has 13 heteroatoms. The minimum Gasteiger partial charge on any atom is -0.507 e. The smallest absolute Gasteiger partial charge is 0.339 e.